The molecule has 1 aromatic heterocycles. The molecule has 0 fully saturated rings. The molecule has 0 bridgehead atoms. The average Bonchev–Trinajstić information content (AvgIpc) is 2.83. The minimum absolute atomic E-state index is 0.0517. The van der Waals surface area contributed by atoms with Gasteiger partial charge in [-0.3, -0.25) is 9.89 Å². The van der Waals surface area contributed by atoms with E-state index in [1.165, 1.54) is 6.33 Å². The van der Waals surface area contributed by atoms with Crippen LogP contribution in [0.15, 0.2) is 30.6 Å². The predicted molar refractivity (Wildman–Crippen MR) is 61.2 cm³/mol. The van der Waals surface area contributed by atoms with Crippen LogP contribution in [0, 0.1) is 0 Å². The Morgan fingerprint density at radius 1 is 1.38 bits per heavy atom. The molecule has 0 saturated heterocycles. The Morgan fingerprint density at radius 2 is 2.12 bits per heavy atom. The van der Waals surface area contributed by atoms with Gasteiger partial charge in [0, 0.05) is 11.3 Å². The summed E-state index contributed by atoms with van der Waals surface area (Å²) >= 11 is 5.38. The molecule has 2 aromatic rings. The average molecular weight is 237 g/mol. The highest BCUT2D eigenvalue weighted by atomic mass is 35.5. The summed E-state index contributed by atoms with van der Waals surface area (Å²) in [5.41, 5.74) is 1.61. The van der Waals surface area contributed by atoms with Crippen molar-refractivity contribution < 1.29 is 4.79 Å². The van der Waals surface area contributed by atoms with Crippen LogP contribution >= 0.6 is 11.6 Å². The van der Waals surface area contributed by atoms with E-state index >= 15 is 0 Å². The van der Waals surface area contributed by atoms with Crippen LogP contribution in [0.2, 0.25) is 0 Å². The Labute approximate surface area is 96.8 Å². The molecule has 0 aliphatic carbocycles. The Morgan fingerprint density at radius 3 is 2.69 bits per heavy atom. The number of benzene rings is 1. The Kier molecular flexibility index (Phi) is 3.16. The normalized spacial score (nSPS) is 10.1. The second kappa shape index (κ2) is 4.76. The fourth-order valence-corrected chi connectivity index (χ4v) is 1.32. The van der Waals surface area contributed by atoms with Gasteiger partial charge in [-0.05, 0) is 24.3 Å². The molecular formula is C10H9ClN4O. The van der Waals surface area contributed by atoms with Crippen LogP contribution in [0.3, 0.4) is 0 Å². The molecule has 6 heteroatoms. The van der Waals surface area contributed by atoms with Gasteiger partial charge < -0.3 is 5.32 Å². The fraction of sp³-hybridized carbons (Fsp3) is 0.100. The highest BCUT2D eigenvalue weighted by Crippen LogP contribution is 2.16. The maximum Gasteiger partial charge on any atom is 0.239 e. The number of rotatable bonds is 3. The number of amides is 1. The SMILES string of the molecule is O=C(CCl)Nc1ccc(-c2ncn[nH]2)cc1. The Bertz CT molecular complexity index is 466. The zero-order valence-electron chi connectivity index (χ0n) is 8.27. The van der Waals surface area contributed by atoms with Crippen LogP contribution in [-0.4, -0.2) is 27.0 Å². The molecule has 0 unspecified atom stereocenters. The van der Waals surface area contributed by atoms with E-state index in [1.54, 1.807) is 12.1 Å². The van der Waals surface area contributed by atoms with E-state index < -0.39 is 0 Å². The third-order valence-electron chi connectivity index (χ3n) is 1.98. The first-order chi connectivity index (χ1) is 7.79. The van der Waals surface area contributed by atoms with E-state index in [-0.39, 0.29) is 11.8 Å². The maximum absolute atomic E-state index is 11.0. The molecule has 1 heterocycles. The molecule has 0 atom stereocenters. The lowest BCUT2D eigenvalue weighted by atomic mass is 10.2. The number of anilines is 1. The number of alkyl halides is 1. The van der Waals surface area contributed by atoms with Crippen molar-refractivity contribution >= 4 is 23.2 Å². The van der Waals surface area contributed by atoms with Gasteiger partial charge in [-0.2, -0.15) is 5.10 Å². The second-order valence-corrected chi connectivity index (χ2v) is 3.36. The first kappa shape index (κ1) is 10.6. The van der Waals surface area contributed by atoms with E-state index in [9.17, 15) is 4.79 Å². The van der Waals surface area contributed by atoms with Crippen molar-refractivity contribution in [3.05, 3.63) is 30.6 Å². The summed E-state index contributed by atoms with van der Waals surface area (Å²) in [5.74, 6) is 0.411. The quantitative estimate of drug-likeness (QED) is 0.796. The van der Waals surface area contributed by atoms with Gasteiger partial charge in [0.1, 0.15) is 12.2 Å². The second-order valence-electron chi connectivity index (χ2n) is 3.09. The van der Waals surface area contributed by atoms with E-state index in [1.807, 2.05) is 12.1 Å². The van der Waals surface area contributed by atoms with Gasteiger partial charge in [0.15, 0.2) is 5.82 Å². The van der Waals surface area contributed by atoms with Gasteiger partial charge >= 0.3 is 0 Å². The van der Waals surface area contributed by atoms with E-state index in [2.05, 4.69) is 20.5 Å². The highest BCUT2D eigenvalue weighted by Gasteiger charge is 2.02. The van der Waals surface area contributed by atoms with Crippen molar-refractivity contribution in [1.29, 1.82) is 0 Å². The summed E-state index contributed by atoms with van der Waals surface area (Å²) in [6.45, 7) is 0. The van der Waals surface area contributed by atoms with Gasteiger partial charge in [0.05, 0.1) is 0 Å². The monoisotopic (exact) mass is 236 g/mol. The zero-order chi connectivity index (χ0) is 11.4. The molecule has 16 heavy (non-hydrogen) atoms. The molecule has 5 nitrogen and oxygen atoms in total. The van der Waals surface area contributed by atoms with Crippen molar-refractivity contribution in [2.75, 3.05) is 11.2 Å². The standard InChI is InChI=1S/C10H9ClN4O/c11-5-9(16)14-8-3-1-7(2-4-8)10-12-6-13-15-10/h1-4,6H,5H2,(H,14,16)(H,12,13,15). The molecule has 82 valence electrons. The fourth-order valence-electron chi connectivity index (χ4n) is 1.25. The van der Waals surface area contributed by atoms with Crippen molar-refractivity contribution in [2.24, 2.45) is 0 Å². The first-order valence-corrected chi connectivity index (χ1v) is 5.14. The summed E-state index contributed by atoms with van der Waals surface area (Å²) in [6.07, 6.45) is 1.44. The zero-order valence-corrected chi connectivity index (χ0v) is 9.03. The third-order valence-corrected chi connectivity index (χ3v) is 2.22. The number of carbonyl (C=O) groups is 1. The van der Waals surface area contributed by atoms with Gasteiger partial charge in [-0.15, -0.1) is 11.6 Å². The van der Waals surface area contributed by atoms with Crippen molar-refractivity contribution in [1.82, 2.24) is 15.2 Å². The summed E-state index contributed by atoms with van der Waals surface area (Å²) < 4.78 is 0. The van der Waals surface area contributed by atoms with Crippen molar-refractivity contribution in [3.63, 3.8) is 0 Å². The number of nitrogens with one attached hydrogen (secondary N) is 2. The van der Waals surface area contributed by atoms with E-state index in [0.29, 0.717) is 11.5 Å². The van der Waals surface area contributed by atoms with Gasteiger partial charge in [0.25, 0.3) is 0 Å². The van der Waals surface area contributed by atoms with Gasteiger partial charge in [-0.1, -0.05) is 0 Å². The molecule has 0 spiro atoms. The number of aromatic amines is 1. The van der Waals surface area contributed by atoms with Crippen molar-refractivity contribution in [2.45, 2.75) is 0 Å². The topological polar surface area (TPSA) is 70.7 Å². The minimum atomic E-state index is -0.228. The van der Waals surface area contributed by atoms with Crippen LogP contribution in [0.25, 0.3) is 11.4 Å². The first-order valence-electron chi connectivity index (χ1n) is 4.61. The molecule has 0 aliphatic heterocycles. The number of aromatic nitrogens is 3. The van der Waals surface area contributed by atoms with Crippen LogP contribution in [-0.2, 0) is 4.79 Å². The van der Waals surface area contributed by atoms with Crippen LogP contribution < -0.4 is 5.32 Å². The lowest BCUT2D eigenvalue weighted by Gasteiger charge is -2.03. The smallest absolute Gasteiger partial charge is 0.239 e. The third kappa shape index (κ3) is 2.38. The summed E-state index contributed by atoms with van der Waals surface area (Å²) in [4.78, 5) is 15.0. The number of halogens is 1. The number of nitrogens with zero attached hydrogens (tertiary/aromatic N) is 2. The molecule has 2 rings (SSSR count). The predicted octanol–water partition coefficient (Wildman–Crippen LogP) is 1.65. The molecule has 0 radical (unpaired) electrons. The maximum atomic E-state index is 11.0. The van der Waals surface area contributed by atoms with Gasteiger partial charge in [-0.25, -0.2) is 4.98 Å². The van der Waals surface area contributed by atoms with E-state index in [0.717, 1.165) is 5.56 Å². The van der Waals surface area contributed by atoms with Crippen LogP contribution in [0.4, 0.5) is 5.69 Å². The van der Waals surface area contributed by atoms with Crippen LogP contribution in [0.5, 0.6) is 0 Å². The number of hydrogen-bond donors (Lipinski definition) is 2. The molecule has 1 aromatic carbocycles. The number of H-pyrrole nitrogens is 1. The minimum Gasteiger partial charge on any atom is -0.325 e. The Balaban J connectivity index is 2.14. The number of hydrogen-bond acceptors (Lipinski definition) is 3. The molecule has 0 aliphatic rings. The largest absolute Gasteiger partial charge is 0.325 e. The van der Waals surface area contributed by atoms with E-state index in [4.69, 9.17) is 11.6 Å². The Hall–Kier alpha value is -1.88. The molecule has 0 saturated carbocycles. The summed E-state index contributed by atoms with van der Waals surface area (Å²) in [6, 6.07) is 7.24. The summed E-state index contributed by atoms with van der Waals surface area (Å²) in [7, 11) is 0. The lowest BCUT2D eigenvalue weighted by Crippen LogP contribution is -2.12. The number of carbonyl (C=O) groups excluding carboxylic acids is 1. The molecular weight excluding hydrogens is 228 g/mol. The molecule has 2 N–H and O–H groups in total. The van der Waals surface area contributed by atoms with Crippen molar-refractivity contribution in [3.8, 4) is 11.4 Å². The van der Waals surface area contributed by atoms with Gasteiger partial charge in [0.2, 0.25) is 5.91 Å². The summed E-state index contributed by atoms with van der Waals surface area (Å²) in [5, 5.41) is 9.16. The lowest BCUT2D eigenvalue weighted by molar-refractivity contribution is -0.113. The van der Waals surface area contributed by atoms with Crippen LogP contribution in [0.1, 0.15) is 0 Å². The highest BCUT2D eigenvalue weighted by molar-refractivity contribution is 6.29. The molecule has 1 amide bonds.